The van der Waals surface area contributed by atoms with Gasteiger partial charge in [0.25, 0.3) is 0 Å². The first kappa shape index (κ1) is 14.7. The van der Waals surface area contributed by atoms with E-state index < -0.39 is 0 Å². The van der Waals surface area contributed by atoms with Gasteiger partial charge in [-0.15, -0.1) is 0 Å². The molecule has 100 valence electrons. The van der Waals surface area contributed by atoms with Crippen LogP contribution in [0.3, 0.4) is 0 Å². The third-order valence-corrected chi connectivity index (χ3v) is 3.96. The molecule has 0 amide bonds. The van der Waals surface area contributed by atoms with Gasteiger partial charge in [-0.25, -0.2) is 0 Å². The minimum absolute atomic E-state index is 0.281. The zero-order chi connectivity index (χ0) is 12.5. The Morgan fingerprint density at radius 3 is 2.71 bits per heavy atom. The largest absolute Gasteiger partial charge is 0.300 e. The minimum atomic E-state index is -0.352. The highest BCUT2D eigenvalue weighted by atomic mass is 19.1. The van der Waals surface area contributed by atoms with E-state index in [1.165, 1.54) is 44.9 Å². The van der Waals surface area contributed by atoms with Gasteiger partial charge in [0.05, 0.1) is 6.67 Å². The molecule has 1 fully saturated rings. The molecule has 1 saturated carbocycles. The molecule has 0 aromatic carbocycles. The molecule has 2 unspecified atom stereocenters. The van der Waals surface area contributed by atoms with Gasteiger partial charge in [-0.1, -0.05) is 45.4 Å². The van der Waals surface area contributed by atoms with E-state index in [2.05, 4.69) is 6.92 Å². The second-order valence-corrected chi connectivity index (χ2v) is 5.58. The van der Waals surface area contributed by atoms with Crippen LogP contribution in [0.15, 0.2) is 0 Å². The van der Waals surface area contributed by atoms with E-state index in [9.17, 15) is 9.18 Å². The number of unbranched alkanes of at least 4 members (excludes halogenated alkanes) is 1. The molecule has 0 aromatic heterocycles. The second kappa shape index (κ2) is 8.66. The van der Waals surface area contributed by atoms with Crippen molar-refractivity contribution < 1.29 is 9.18 Å². The van der Waals surface area contributed by atoms with E-state index in [1.807, 2.05) is 0 Å². The van der Waals surface area contributed by atoms with Crippen LogP contribution in [-0.4, -0.2) is 12.5 Å². The van der Waals surface area contributed by atoms with Crippen molar-refractivity contribution in [2.24, 2.45) is 11.8 Å². The number of carbonyl (C=O) groups excluding carboxylic acids is 1. The molecule has 0 spiro atoms. The summed E-state index contributed by atoms with van der Waals surface area (Å²) in [4.78, 5) is 11.6. The molecule has 1 aliphatic rings. The Bertz CT molecular complexity index is 215. The van der Waals surface area contributed by atoms with E-state index in [4.69, 9.17) is 0 Å². The Kier molecular flexibility index (Phi) is 7.46. The number of hydrogen-bond acceptors (Lipinski definition) is 1. The van der Waals surface area contributed by atoms with Gasteiger partial charge in [-0.3, -0.25) is 9.18 Å². The van der Waals surface area contributed by atoms with Gasteiger partial charge >= 0.3 is 0 Å². The number of ketones is 1. The van der Waals surface area contributed by atoms with Crippen molar-refractivity contribution in [3.63, 3.8) is 0 Å². The quantitative estimate of drug-likeness (QED) is 0.603. The first-order chi connectivity index (χ1) is 8.26. The Morgan fingerprint density at radius 2 is 2.00 bits per heavy atom. The zero-order valence-electron chi connectivity index (χ0n) is 11.2. The number of rotatable bonds is 8. The molecule has 17 heavy (non-hydrogen) atoms. The highest BCUT2D eigenvalue weighted by Gasteiger charge is 2.23. The summed E-state index contributed by atoms with van der Waals surface area (Å²) in [5.41, 5.74) is 0. The van der Waals surface area contributed by atoms with Crippen LogP contribution in [0.25, 0.3) is 0 Å². The lowest BCUT2D eigenvalue weighted by molar-refractivity contribution is -0.120. The molecule has 0 saturated heterocycles. The first-order valence-corrected chi connectivity index (χ1v) is 7.34. The molecule has 0 aliphatic heterocycles. The highest BCUT2D eigenvalue weighted by molar-refractivity contribution is 5.78. The molecule has 0 bridgehead atoms. The van der Waals surface area contributed by atoms with Crippen molar-refractivity contribution in [1.29, 1.82) is 0 Å². The van der Waals surface area contributed by atoms with Crippen LogP contribution in [-0.2, 0) is 4.79 Å². The standard InChI is InChI=1S/C15H27FO/c1-2-3-6-13-7-4-8-14(11-13)12-15(17)9-5-10-16/h13-14H,2-12H2,1H3. The average Bonchev–Trinajstić information content (AvgIpc) is 2.34. The average molecular weight is 242 g/mol. The van der Waals surface area contributed by atoms with Crippen molar-refractivity contribution in [3.8, 4) is 0 Å². The van der Waals surface area contributed by atoms with Crippen LogP contribution in [0, 0.1) is 11.8 Å². The van der Waals surface area contributed by atoms with Gasteiger partial charge in [0, 0.05) is 12.8 Å². The highest BCUT2D eigenvalue weighted by Crippen LogP contribution is 2.34. The Labute approximate surface area is 105 Å². The maximum atomic E-state index is 12.0. The normalized spacial score (nSPS) is 24.8. The summed E-state index contributed by atoms with van der Waals surface area (Å²) >= 11 is 0. The van der Waals surface area contributed by atoms with Crippen LogP contribution in [0.4, 0.5) is 4.39 Å². The third-order valence-electron chi connectivity index (χ3n) is 3.96. The molecule has 0 radical (unpaired) electrons. The fraction of sp³-hybridized carbons (Fsp3) is 0.933. The summed E-state index contributed by atoms with van der Waals surface area (Å²) in [6, 6.07) is 0. The Hall–Kier alpha value is -0.400. The summed E-state index contributed by atoms with van der Waals surface area (Å²) < 4.78 is 12.0. The molecular weight excluding hydrogens is 215 g/mol. The van der Waals surface area contributed by atoms with E-state index in [0.717, 1.165) is 5.92 Å². The van der Waals surface area contributed by atoms with E-state index in [1.54, 1.807) is 0 Å². The van der Waals surface area contributed by atoms with Gasteiger partial charge in [-0.05, 0) is 24.7 Å². The fourth-order valence-electron chi connectivity index (χ4n) is 3.03. The van der Waals surface area contributed by atoms with Gasteiger partial charge in [0.2, 0.25) is 0 Å². The van der Waals surface area contributed by atoms with Crippen molar-refractivity contribution in [2.45, 2.75) is 71.1 Å². The Balaban J connectivity index is 2.21. The van der Waals surface area contributed by atoms with Crippen molar-refractivity contribution >= 4 is 5.78 Å². The lowest BCUT2D eigenvalue weighted by Crippen LogP contribution is -2.18. The maximum Gasteiger partial charge on any atom is 0.133 e. The summed E-state index contributed by atoms with van der Waals surface area (Å²) in [6.07, 6.45) is 10.6. The third kappa shape index (κ3) is 6.18. The van der Waals surface area contributed by atoms with Crippen molar-refractivity contribution in [1.82, 2.24) is 0 Å². The predicted molar refractivity (Wildman–Crippen MR) is 69.8 cm³/mol. The summed E-state index contributed by atoms with van der Waals surface area (Å²) in [6.45, 7) is 1.89. The van der Waals surface area contributed by atoms with Crippen molar-refractivity contribution in [2.75, 3.05) is 6.67 Å². The zero-order valence-corrected chi connectivity index (χ0v) is 11.2. The SMILES string of the molecule is CCCCC1CCCC(CC(=O)CCCF)C1. The molecule has 1 nitrogen and oxygen atoms in total. The number of alkyl halides is 1. The molecule has 2 atom stereocenters. The molecule has 0 aromatic rings. The topological polar surface area (TPSA) is 17.1 Å². The lowest BCUT2D eigenvalue weighted by Gasteiger charge is -2.28. The predicted octanol–water partition coefficient (Wildman–Crippen LogP) is 4.69. The minimum Gasteiger partial charge on any atom is -0.300 e. The molecular formula is C15H27FO. The number of carbonyl (C=O) groups is 1. The molecule has 1 aliphatic carbocycles. The van der Waals surface area contributed by atoms with Crippen LogP contribution in [0.5, 0.6) is 0 Å². The van der Waals surface area contributed by atoms with Gasteiger partial charge in [0.15, 0.2) is 0 Å². The summed E-state index contributed by atoms with van der Waals surface area (Å²) in [5, 5.41) is 0. The number of halogens is 1. The maximum absolute atomic E-state index is 12.0. The lowest BCUT2D eigenvalue weighted by atomic mass is 9.77. The van der Waals surface area contributed by atoms with E-state index in [0.29, 0.717) is 25.2 Å². The number of Topliss-reactive ketones (excluding diaryl/α,β-unsaturated/α-hetero) is 1. The molecule has 2 heteroatoms. The van der Waals surface area contributed by atoms with Crippen LogP contribution >= 0.6 is 0 Å². The number of hydrogen-bond donors (Lipinski definition) is 0. The van der Waals surface area contributed by atoms with Gasteiger partial charge in [-0.2, -0.15) is 0 Å². The van der Waals surface area contributed by atoms with Gasteiger partial charge in [0.1, 0.15) is 5.78 Å². The smallest absolute Gasteiger partial charge is 0.133 e. The van der Waals surface area contributed by atoms with E-state index in [-0.39, 0.29) is 12.5 Å². The van der Waals surface area contributed by atoms with Crippen molar-refractivity contribution in [3.05, 3.63) is 0 Å². The van der Waals surface area contributed by atoms with Crippen LogP contribution in [0.1, 0.15) is 71.1 Å². The molecule has 0 heterocycles. The van der Waals surface area contributed by atoms with Gasteiger partial charge < -0.3 is 0 Å². The molecule has 1 rings (SSSR count). The second-order valence-electron chi connectivity index (χ2n) is 5.58. The Morgan fingerprint density at radius 1 is 1.24 bits per heavy atom. The monoisotopic (exact) mass is 242 g/mol. The first-order valence-electron chi connectivity index (χ1n) is 7.34. The summed E-state index contributed by atoms with van der Waals surface area (Å²) in [7, 11) is 0. The summed E-state index contributed by atoms with van der Waals surface area (Å²) in [5.74, 6) is 1.73. The fourth-order valence-corrected chi connectivity index (χ4v) is 3.03. The van der Waals surface area contributed by atoms with Crippen LogP contribution < -0.4 is 0 Å². The molecule has 0 N–H and O–H groups in total. The van der Waals surface area contributed by atoms with E-state index >= 15 is 0 Å². The van der Waals surface area contributed by atoms with Crippen LogP contribution in [0.2, 0.25) is 0 Å².